The van der Waals surface area contributed by atoms with Crippen molar-refractivity contribution in [3.05, 3.63) is 35.9 Å². The second kappa shape index (κ2) is 8.00. The van der Waals surface area contributed by atoms with E-state index in [-0.39, 0.29) is 5.97 Å². The highest BCUT2D eigenvalue weighted by atomic mass is 32.2. The minimum Gasteiger partial charge on any atom is -0.741 e. The fourth-order valence-electron chi connectivity index (χ4n) is 2.78. The second-order valence-electron chi connectivity index (χ2n) is 8.19. The van der Waals surface area contributed by atoms with Gasteiger partial charge >= 0.3 is 11.5 Å². The van der Waals surface area contributed by atoms with Crippen LogP contribution >= 0.6 is 0 Å². The molecule has 0 amide bonds. The fraction of sp³-hybridized carbons (Fsp3) is 0.611. The van der Waals surface area contributed by atoms with Crippen LogP contribution in [0.25, 0.3) is 0 Å². The average Bonchev–Trinajstić information content (AvgIpc) is 2.51. The number of rotatable bonds is 3. The molecule has 10 heteroatoms. The number of likely N-dealkylation sites (tertiary alicyclic amines) is 1. The standard InChI is InChI=1S/C17H26NO2.CHF3O3S/c1-16(2,3)20-15(19)17(4)11-12-18(17,5)13-14-9-7-6-8-10-14;2-1(3,4)8(5,6)7/h6-10H,11-13H2,1-5H3;(H,5,6,7)/q+1;/p-1. The van der Waals surface area contributed by atoms with Crippen molar-refractivity contribution in [3.63, 3.8) is 0 Å². The molecule has 1 saturated heterocycles. The van der Waals surface area contributed by atoms with Crippen LogP contribution in [0.1, 0.15) is 39.7 Å². The van der Waals surface area contributed by atoms with Gasteiger partial charge in [0.1, 0.15) is 12.1 Å². The zero-order chi connectivity index (χ0) is 22.0. The first kappa shape index (κ1) is 24.4. The Bertz CT molecular complexity index is 790. The smallest absolute Gasteiger partial charge is 0.485 e. The summed E-state index contributed by atoms with van der Waals surface area (Å²) in [6, 6.07) is 10.4. The number of carbonyl (C=O) groups excluding carboxylic acids is 1. The molecule has 0 N–H and O–H groups in total. The predicted octanol–water partition coefficient (Wildman–Crippen LogP) is 3.19. The van der Waals surface area contributed by atoms with Gasteiger partial charge in [-0.15, -0.1) is 0 Å². The minimum absolute atomic E-state index is 0.0744. The molecule has 0 aliphatic carbocycles. The molecule has 0 radical (unpaired) electrons. The van der Waals surface area contributed by atoms with Crippen molar-refractivity contribution in [1.29, 1.82) is 0 Å². The maximum absolute atomic E-state index is 12.5. The number of hydrogen-bond donors (Lipinski definition) is 0. The molecule has 2 rings (SSSR count). The van der Waals surface area contributed by atoms with E-state index in [0.29, 0.717) is 0 Å². The summed E-state index contributed by atoms with van der Waals surface area (Å²) in [5, 5.41) is 0. The molecule has 0 spiro atoms. The van der Waals surface area contributed by atoms with E-state index in [1.165, 1.54) is 5.56 Å². The van der Waals surface area contributed by atoms with Crippen molar-refractivity contribution < 1.29 is 40.2 Å². The molecule has 0 bridgehead atoms. The van der Waals surface area contributed by atoms with Gasteiger partial charge in [-0.3, -0.25) is 0 Å². The van der Waals surface area contributed by atoms with Gasteiger partial charge in [-0.25, -0.2) is 13.2 Å². The summed E-state index contributed by atoms with van der Waals surface area (Å²) in [6.45, 7) is 9.70. The van der Waals surface area contributed by atoms with Gasteiger partial charge < -0.3 is 13.8 Å². The number of ether oxygens (including phenoxy) is 1. The van der Waals surface area contributed by atoms with Gasteiger partial charge in [-0.1, -0.05) is 30.3 Å². The van der Waals surface area contributed by atoms with Gasteiger partial charge in [0.15, 0.2) is 15.7 Å². The quantitative estimate of drug-likeness (QED) is 0.321. The molecule has 0 aromatic heterocycles. The molecule has 2 atom stereocenters. The topological polar surface area (TPSA) is 83.5 Å². The van der Waals surface area contributed by atoms with Gasteiger partial charge in [0.05, 0.1) is 20.0 Å². The molecule has 1 aliphatic heterocycles. The lowest BCUT2D eigenvalue weighted by Gasteiger charge is -2.56. The number of carbonyl (C=O) groups is 1. The minimum atomic E-state index is -6.09. The van der Waals surface area contributed by atoms with E-state index >= 15 is 0 Å². The molecule has 28 heavy (non-hydrogen) atoms. The third-order valence-corrected chi connectivity index (χ3v) is 5.35. The van der Waals surface area contributed by atoms with Crippen LogP contribution in [-0.2, 0) is 26.2 Å². The molecule has 160 valence electrons. The summed E-state index contributed by atoms with van der Waals surface area (Å²) in [5.74, 6) is -0.0744. The number of halogens is 3. The van der Waals surface area contributed by atoms with Crippen LogP contribution in [0.3, 0.4) is 0 Å². The zero-order valence-corrected chi connectivity index (χ0v) is 17.4. The van der Waals surface area contributed by atoms with Crippen LogP contribution in [0.4, 0.5) is 13.2 Å². The van der Waals surface area contributed by atoms with E-state index in [9.17, 15) is 18.0 Å². The highest BCUT2D eigenvalue weighted by Gasteiger charge is 2.60. The first-order chi connectivity index (χ1) is 12.4. The summed E-state index contributed by atoms with van der Waals surface area (Å²) in [4.78, 5) is 12.5. The molecule has 2 unspecified atom stereocenters. The van der Waals surface area contributed by atoms with Gasteiger partial charge in [0.2, 0.25) is 0 Å². The number of hydrogen-bond acceptors (Lipinski definition) is 5. The molecular weight excluding hydrogens is 399 g/mol. The molecule has 0 saturated carbocycles. The maximum atomic E-state index is 12.5. The summed E-state index contributed by atoms with van der Waals surface area (Å²) in [6.07, 6.45) is 0.894. The van der Waals surface area contributed by atoms with Crippen molar-refractivity contribution in [3.8, 4) is 0 Å². The normalized spacial score (nSPS) is 25.2. The highest BCUT2D eigenvalue weighted by molar-refractivity contribution is 7.86. The number of likely N-dealkylation sites (N-methyl/N-ethyl adjacent to an activating group) is 1. The monoisotopic (exact) mass is 425 g/mol. The Labute approximate surface area is 163 Å². The fourth-order valence-corrected chi connectivity index (χ4v) is 2.78. The highest BCUT2D eigenvalue weighted by Crippen LogP contribution is 2.41. The van der Waals surface area contributed by atoms with Crippen molar-refractivity contribution in [2.24, 2.45) is 0 Å². The van der Waals surface area contributed by atoms with Gasteiger partial charge in [-0.05, 0) is 20.8 Å². The summed E-state index contributed by atoms with van der Waals surface area (Å²) in [5.41, 5.74) is -5.23. The van der Waals surface area contributed by atoms with Crippen LogP contribution in [-0.4, -0.2) is 53.7 Å². The number of benzene rings is 1. The Hall–Kier alpha value is -1.65. The van der Waals surface area contributed by atoms with Gasteiger partial charge in [-0.2, -0.15) is 13.2 Å². The van der Waals surface area contributed by atoms with Crippen LogP contribution in [0.15, 0.2) is 30.3 Å². The van der Waals surface area contributed by atoms with E-state index in [0.717, 1.165) is 24.0 Å². The van der Waals surface area contributed by atoms with Gasteiger partial charge in [0, 0.05) is 12.5 Å². The second-order valence-corrected chi connectivity index (χ2v) is 9.56. The van der Waals surface area contributed by atoms with E-state index in [4.69, 9.17) is 17.7 Å². The Morgan fingerprint density at radius 1 is 1.21 bits per heavy atom. The number of nitrogens with zero attached hydrogens (tertiary/aromatic N) is 1. The Morgan fingerprint density at radius 3 is 2.00 bits per heavy atom. The van der Waals surface area contributed by atoms with Crippen molar-refractivity contribution in [2.45, 2.75) is 57.3 Å². The van der Waals surface area contributed by atoms with Crippen molar-refractivity contribution in [1.82, 2.24) is 0 Å². The molecule has 6 nitrogen and oxygen atoms in total. The Balaban J connectivity index is 0.000000416. The average molecular weight is 425 g/mol. The number of alkyl halides is 3. The van der Waals surface area contributed by atoms with E-state index < -0.39 is 26.8 Å². The summed E-state index contributed by atoms with van der Waals surface area (Å²) >= 11 is 0. The zero-order valence-electron chi connectivity index (χ0n) is 16.5. The van der Waals surface area contributed by atoms with Crippen LogP contribution in [0.2, 0.25) is 0 Å². The molecule has 1 aromatic carbocycles. The van der Waals surface area contributed by atoms with Gasteiger partial charge in [0.25, 0.3) is 0 Å². The summed E-state index contributed by atoms with van der Waals surface area (Å²) < 4.78 is 65.3. The first-order valence-electron chi connectivity index (χ1n) is 8.55. The molecule has 1 heterocycles. The van der Waals surface area contributed by atoms with Crippen LogP contribution in [0, 0.1) is 0 Å². The van der Waals surface area contributed by atoms with Crippen molar-refractivity contribution in [2.75, 3.05) is 13.6 Å². The third-order valence-electron chi connectivity index (χ3n) is 4.78. The Kier molecular flexibility index (Phi) is 6.97. The Morgan fingerprint density at radius 2 is 1.68 bits per heavy atom. The number of esters is 1. The number of quaternary nitrogens is 1. The van der Waals surface area contributed by atoms with Crippen LogP contribution < -0.4 is 0 Å². The third kappa shape index (κ3) is 5.92. The van der Waals surface area contributed by atoms with Crippen LogP contribution in [0.5, 0.6) is 0 Å². The lowest BCUT2D eigenvalue weighted by atomic mass is 9.82. The largest absolute Gasteiger partial charge is 0.741 e. The molecular formula is C18H26F3NO5S. The lowest BCUT2D eigenvalue weighted by Crippen LogP contribution is -2.74. The lowest BCUT2D eigenvalue weighted by molar-refractivity contribution is -1.000. The SMILES string of the molecule is CC(C)(C)OC(=O)C1(C)CC[N+]1(C)Cc1ccccc1.O=S(=O)([O-])C(F)(F)F. The first-order valence-corrected chi connectivity index (χ1v) is 9.96. The molecule has 1 fully saturated rings. The van der Waals surface area contributed by atoms with E-state index in [2.05, 4.69) is 19.2 Å². The van der Waals surface area contributed by atoms with E-state index in [1.807, 2.05) is 45.9 Å². The van der Waals surface area contributed by atoms with Crippen molar-refractivity contribution >= 4 is 16.1 Å². The summed E-state index contributed by atoms with van der Waals surface area (Å²) in [7, 11) is -3.94. The predicted molar refractivity (Wildman–Crippen MR) is 95.8 cm³/mol. The molecule has 1 aromatic rings. The maximum Gasteiger partial charge on any atom is 0.485 e. The molecule has 1 aliphatic rings. The van der Waals surface area contributed by atoms with E-state index in [1.54, 1.807) is 0 Å².